The van der Waals surface area contributed by atoms with E-state index in [1.165, 1.54) is 16.7 Å². The van der Waals surface area contributed by atoms with Crippen LogP contribution in [0.25, 0.3) is 22.0 Å². The molecule has 0 unspecified atom stereocenters. The quantitative estimate of drug-likeness (QED) is 0.409. The summed E-state index contributed by atoms with van der Waals surface area (Å²) in [5.41, 5.74) is 1.92. The molecule has 0 spiro atoms. The van der Waals surface area contributed by atoms with E-state index in [2.05, 4.69) is 22.4 Å². The second-order valence-electron chi connectivity index (χ2n) is 6.41. The minimum atomic E-state index is -0.0453. The summed E-state index contributed by atoms with van der Waals surface area (Å²) >= 11 is 1.44. The Morgan fingerprint density at radius 3 is 2.61 bits per heavy atom. The molecule has 0 saturated carbocycles. The second-order valence-corrected chi connectivity index (χ2v) is 7.27. The number of aromatic nitrogens is 1. The van der Waals surface area contributed by atoms with Gasteiger partial charge in [-0.15, -0.1) is 11.3 Å². The van der Waals surface area contributed by atoms with Crippen LogP contribution in [-0.2, 0) is 4.79 Å². The first-order valence-corrected chi connectivity index (χ1v) is 10.1. The SMILES string of the molecule is O=C(CCCOc1ccc2ccccc2c1)Nc1nc(-c2ccccc2)cs1. The minimum absolute atomic E-state index is 0.0453. The van der Waals surface area contributed by atoms with Crippen LogP contribution in [0.5, 0.6) is 5.75 Å². The third-order valence-corrected chi connectivity index (χ3v) is 5.12. The van der Waals surface area contributed by atoms with Gasteiger partial charge in [0.15, 0.2) is 5.13 Å². The summed E-state index contributed by atoms with van der Waals surface area (Å²) in [4.78, 5) is 16.6. The zero-order valence-electron chi connectivity index (χ0n) is 15.3. The van der Waals surface area contributed by atoms with Crippen LogP contribution in [0.4, 0.5) is 5.13 Å². The summed E-state index contributed by atoms with van der Waals surface area (Å²) in [6.07, 6.45) is 1.05. The Kier molecular flexibility index (Phi) is 5.64. The first-order valence-electron chi connectivity index (χ1n) is 9.20. The fourth-order valence-electron chi connectivity index (χ4n) is 2.93. The Hall–Kier alpha value is -3.18. The van der Waals surface area contributed by atoms with Gasteiger partial charge in [0.1, 0.15) is 5.75 Å². The van der Waals surface area contributed by atoms with Crippen molar-refractivity contribution in [2.75, 3.05) is 11.9 Å². The number of carbonyl (C=O) groups is 1. The smallest absolute Gasteiger partial charge is 0.226 e. The zero-order valence-corrected chi connectivity index (χ0v) is 16.1. The first kappa shape index (κ1) is 18.2. The molecule has 0 aliphatic rings. The average molecular weight is 388 g/mol. The third kappa shape index (κ3) is 4.56. The molecule has 1 N–H and O–H groups in total. The Bertz CT molecular complexity index is 1080. The Labute approximate surface area is 167 Å². The molecule has 4 rings (SSSR count). The highest BCUT2D eigenvalue weighted by molar-refractivity contribution is 7.14. The molecule has 4 aromatic rings. The number of ether oxygens (including phenoxy) is 1. The van der Waals surface area contributed by atoms with Crippen molar-refractivity contribution in [2.24, 2.45) is 0 Å². The number of nitrogens with zero attached hydrogens (tertiary/aromatic N) is 1. The lowest BCUT2D eigenvalue weighted by Crippen LogP contribution is -2.12. The van der Waals surface area contributed by atoms with E-state index < -0.39 is 0 Å². The fraction of sp³-hybridized carbons (Fsp3) is 0.130. The summed E-state index contributed by atoms with van der Waals surface area (Å²) < 4.78 is 5.78. The third-order valence-electron chi connectivity index (χ3n) is 4.36. The van der Waals surface area contributed by atoms with Crippen LogP contribution in [0.15, 0.2) is 78.2 Å². The lowest BCUT2D eigenvalue weighted by Gasteiger charge is -2.07. The Morgan fingerprint density at radius 2 is 1.75 bits per heavy atom. The summed E-state index contributed by atoms with van der Waals surface area (Å²) in [6, 6.07) is 24.1. The molecule has 0 saturated heterocycles. The molecule has 28 heavy (non-hydrogen) atoms. The van der Waals surface area contributed by atoms with Crippen LogP contribution in [0.1, 0.15) is 12.8 Å². The highest BCUT2D eigenvalue weighted by atomic mass is 32.1. The molecule has 0 aliphatic carbocycles. The average Bonchev–Trinajstić information content (AvgIpc) is 3.20. The largest absolute Gasteiger partial charge is 0.494 e. The van der Waals surface area contributed by atoms with Gasteiger partial charge in [0, 0.05) is 17.4 Å². The van der Waals surface area contributed by atoms with E-state index in [1.54, 1.807) is 0 Å². The number of hydrogen-bond donors (Lipinski definition) is 1. The lowest BCUT2D eigenvalue weighted by molar-refractivity contribution is -0.116. The van der Waals surface area contributed by atoms with E-state index in [-0.39, 0.29) is 5.91 Å². The molecular weight excluding hydrogens is 368 g/mol. The second kappa shape index (κ2) is 8.67. The standard InChI is InChI=1S/C23H20N2O2S/c26-22(25-23-24-21(16-28-23)18-8-2-1-3-9-18)11-6-14-27-20-13-12-17-7-4-5-10-19(17)15-20/h1-5,7-10,12-13,15-16H,6,11,14H2,(H,24,25,26). The van der Waals surface area contributed by atoms with Gasteiger partial charge in [-0.05, 0) is 29.3 Å². The van der Waals surface area contributed by atoms with Gasteiger partial charge in [-0.2, -0.15) is 0 Å². The normalized spacial score (nSPS) is 10.7. The minimum Gasteiger partial charge on any atom is -0.494 e. The highest BCUT2D eigenvalue weighted by Gasteiger charge is 2.08. The summed E-state index contributed by atoms with van der Waals surface area (Å²) in [5.74, 6) is 0.780. The molecule has 140 valence electrons. The fourth-order valence-corrected chi connectivity index (χ4v) is 3.67. The number of nitrogens with one attached hydrogen (secondary N) is 1. The highest BCUT2D eigenvalue weighted by Crippen LogP contribution is 2.25. The van der Waals surface area contributed by atoms with Gasteiger partial charge in [-0.25, -0.2) is 4.98 Å². The topological polar surface area (TPSA) is 51.2 Å². The molecule has 1 heterocycles. The van der Waals surface area contributed by atoms with Crippen LogP contribution in [0.2, 0.25) is 0 Å². The van der Waals surface area contributed by atoms with Crippen molar-refractivity contribution in [3.63, 3.8) is 0 Å². The monoisotopic (exact) mass is 388 g/mol. The van der Waals surface area contributed by atoms with Gasteiger partial charge < -0.3 is 10.1 Å². The van der Waals surface area contributed by atoms with E-state index in [4.69, 9.17) is 4.74 Å². The number of hydrogen-bond acceptors (Lipinski definition) is 4. The predicted octanol–water partition coefficient (Wildman–Crippen LogP) is 5.76. The van der Waals surface area contributed by atoms with Gasteiger partial charge in [0.25, 0.3) is 0 Å². The van der Waals surface area contributed by atoms with Crippen molar-refractivity contribution in [3.8, 4) is 17.0 Å². The molecule has 5 heteroatoms. The predicted molar refractivity (Wildman–Crippen MR) is 115 cm³/mol. The molecule has 4 nitrogen and oxygen atoms in total. The molecule has 0 bridgehead atoms. The van der Waals surface area contributed by atoms with E-state index in [0.29, 0.717) is 24.6 Å². The van der Waals surface area contributed by atoms with Gasteiger partial charge in [-0.1, -0.05) is 60.7 Å². The number of rotatable bonds is 7. The maximum atomic E-state index is 12.1. The number of anilines is 1. The molecule has 0 atom stereocenters. The summed E-state index contributed by atoms with van der Waals surface area (Å²) in [6.45, 7) is 0.499. The van der Waals surface area contributed by atoms with Crippen molar-refractivity contribution in [3.05, 3.63) is 78.2 Å². The van der Waals surface area contributed by atoms with Crippen molar-refractivity contribution in [1.29, 1.82) is 0 Å². The van der Waals surface area contributed by atoms with E-state index in [9.17, 15) is 4.79 Å². The first-order chi connectivity index (χ1) is 13.8. The number of carbonyl (C=O) groups excluding carboxylic acids is 1. The van der Waals surface area contributed by atoms with E-state index in [0.717, 1.165) is 22.4 Å². The molecule has 0 aliphatic heterocycles. The Morgan fingerprint density at radius 1 is 0.964 bits per heavy atom. The van der Waals surface area contributed by atoms with E-state index in [1.807, 2.05) is 66.0 Å². The van der Waals surface area contributed by atoms with Crippen molar-refractivity contribution < 1.29 is 9.53 Å². The lowest BCUT2D eigenvalue weighted by atomic mass is 10.1. The van der Waals surface area contributed by atoms with Crippen molar-refractivity contribution in [1.82, 2.24) is 4.98 Å². The molecule has 3 aromatic carbocycles. The van der Waals surface area contributed by atoms with Crippen molar-refractivity contribution in [2.45, 2.75) is 12.8 Å². The van der Waals surface area contributed by atoms with Gasteiger partial charge in [0.2, 0.25) is 5.91 Å². The molecule has 1 aromatic heterocycles. The van der Waals surface area contributed by atoms with Crippen LogP contribution in [0.3, 0.4) is 0 Å². The Balaban J connectivity index is 1.24. The molecular formula is C23H20N2O2S. The van der Waals surface area contributed by atoms with Crippen molar-refractivity contribution >= 4 is 33.1 Å². The van der Waals surface area contributed by atoms with Crippen LogP contribution in [0, 0.1) is 0 Å². The van der Waals surface area contributed by atoms with E-state index >= 15 is 0 Å². The maximum Gasteiger partial charge on any atom is 0.226 e. The number of amides is 1. The number of fused-ring (bicyclic) bond motifs is 1. The summed E-state index contributed by atoms with van der Waals surface area (Å²) in [7, 11) is 0. The molecule has 0 radical (unpaired) electrons. The maximum absolute atomic E-state index is 12.1. The van der Waals surface area contributed by atoms with Crippen LogP contribution >= 0.6 is 11.3 Å². The molecule has 0 fully saturated rings. The zero-order chi connectivity index (χ0) is 19.2. The van der Waals surface area contributed by atoms with Crippen LogP contribution < -0.4 is 10.1 Å². The summed E-state index contributed by atoms with van der Waals surface area (Å²) in [5, 5.41) is 7.78. The van der Waals surface area contributed by atoms with Gasteiger partial charge in [0.05, 0.1) is 12.3 Å². The molecule has 1 amide bonds. The number of benzene rings is 3. The van der Waals surface area contributed by atoms with Gasteiger partial charge in [-0.3, -0.25) is 4.79 Å². The van der Waals surface area contributed by atoms with Gasteiger partial charge >= 0.3 is 0 Å². The van der Waals surface area contributed by atoms with Crippen LogP contribution in [-0.4, -0.2) is 17.5 Å². The number of thiazole rings is 1.